The van der Waals surface area contributed by atoms with Crippen LogP contribution in [-0.4, -0.2) is 28.0 Å². The van der Waals surface area contributed by atoms with Gasteiger partial charge in [0.05, 0.1) is 24.1 Å². The van der Waals surface area contributed by atoms with Crippen LogP contribution < -0.4 is 14.8 Å². The summed E-state index contributed by atoms with van der Waals surface area (Å²) in [6.45, 7) is 1.81. The zero-order valence-corrected chi connectivity index (χ0v) is 13.5. The Kier molecular flexibility index (Phi) is 3.63. The lowest BCUT2D eigenvalue weighted by Gasteiger charge is -2.21. The second-order valence-electron chi connectivity index (χ2n) is 5.23. The number of benzene rings is 1. The van der Waals surface area contributed by atoms with Crippen LogP contribution in [0.25, 0.3) is 10.6 Å². The first-order valence-corrected chi connectivity index (χ1v) is 8.23. The summed E-state index contributed by atoms with van der Waals surface area (Å²) in [7, 11) is 1.90. The molecule has 23 heavy (non-hydrogen) atoms. The van der Waals surface area contributed by atoms with Gasteiger partial charge in [0.25, 0.3) is 0 Å². The standard InChI is InChI=1S/C16H16N4O2S/c1-20-9-11(7-18-20)16-19-12(10-23-16)8-17-13-3-2-4-14-15(13)22-6-5-21-14/h2-4,7,9-10,17H,5-6,8H2,1H3. The highest BCUT2D eigenvalue weighted by Crippen LogP contribution is 2.37. The average Bonchev–Trinajstić information content (AvgIpc) is 3.21. The van der Waals surface area contributed by atoms with Gasteiger partial charge in [0.1, 0.15) is 18.2 Å². The summed E-state index contributed by atoms with van der Waals surface area (Å²) in [4.78, 5) is 4.65. The van der Waals surface area contributed by atoms with Crippen LogP contribution >= 0.6 is 11.3 Å². The van der Waals surface area contributed by atoms with Gasteiger partial charge in [-0.3, -0.25) is 4.68 Å². The number of nitrogens with zero attached hydrogens (tertiary/aromatic N) is 3. The van der Waals surface area contributed by atoms with Crippen molar-refractivity contribution in [3.05, 3.63) is 41.7 Å². The van der Waals surface area contributed by atoms with Gasteiger partial charge in [0.15, 0.2) is 11.5 Å². The van der Waals surface area contributed by atoms with Crippen molar-refractivity contribution in [3.8, 4) is 22.1 Å². The van der Waals surface area contributed by atoms with Crippen molar-refractivity contribution in [2.45, 2.75) is 6.54 Å². The maximum absolute atomic E-state index is 5.70. The van der Waals surface area contributed by atoms with E-state index in [-0.39, 0.29) is 0 Å². The molecule has 0 saturated heterocycles. The topological polar surface area (TPSA) is 61.2 Å². The third-order valence-electron chi connectivity index (χ3n) is 3.53. The normalized spacial score (nSPS) is 13.1. The number of aryl methyl sites for hydroxylation is 1. The molecular formula is C16H16N4O2S. The van der Waals surface area contributed by atoms with Crippen LogP contribution in [0, 0.1) is 0 Å². The molecule has 0 saturated carbocycles. The van der Waals surface area contributed by atoms with E-state index in [2.05, 4.69) is 20.8 Å². The Balaban J connectivity index is 1.49. The molecule has 0 bridgehead atoms. The largest absolute Gasteiger partial charge is 0.486 e. The molecule has 0 aliphatic carbocycles. The Bertz CT molecular complexity index is 827. The zero-order chi connectivity index (χ0) is 15.6. The Labute approximate surface area is 137 Å². The maximum atomic E-state index is 5.70. The van der Waals surface area contributed by atoms with Crippen LogP contribution in [0.5, 0.6) is 11.5 Å². The number of ether oxygens (including phenoxy) is 2. The van der Waals surface area contributed by atoms with Crippen LogP contribution in [0.2, 0.25) is 0 Å². The summed E-state index contributed by atoms with van der Waals surface area (Å²) < 4.78 is 13.1. The second kappa shape index (κ2) is 5.92. The molecule has 1 aliphatic rings. The van der Waals surface area contributed by atoms with E-state index < -0.39 is 0 Å². The smallest absolute Gasteiger partial charge is 0.184 e. The van der Waals surface area contributed by atoms with E-state index in [9.17, 15) is 0 Å². The summed E-state index contributed by atoms with van der Waals surface area (Å²) in [5.41, 5.74) is 2.96. The van der Waals surface area contributed by atoms with E-state index in [1.54, 1.807) is 16.0 Å². The van der Waals surface area contributed by atoms with Crippen LogP contribution in [0.3, 0.4) is 0 Å². The molecule has 7 heteroatoms. The van der Waals surface area contributed by atoms with E-state index >= 15 is 0 Å². The molecule has 118 valence electrons. The lowest BCUT2D eigenvalue weighted by molar-refractivity contribution is 0.172. The van der Waals surface area contributed by atoms with E-state index in [4.69, 9.17) is 9.47 Å². The number of aromatic nitrogens is 3. The van der Waals surface area contributed by atoms with Gasteiger partial charge in [0, 0.05) is 24.2 Å². The van der Waals surface area contributed by atoms with Gasteiger partial charge in [-0.15, -0.1) is 11.3 Å². The van der Waals surface area contributed by atoms with Gasteiger partial charge < -0.3 is 14.8 Å². The number of hydrogen-bond donors (Lipinski definition) is 1. The fraction of sp³-hybridized carbons (Fsp3) is 0.250. The number of anilines is 1. The molecule has 3 aromatic rings. The number of para-hydroxylation sites is 1. The van der Waals surface area contributed by atoms with Crippen molar-refractivity contribution in [1.29, 1.82) is 0 Å². The highest BCUT2D eigenvalue weighted by molar-refractivity contribution is 7.13. The Morgan fingerprint density at radius 2 is 2.22 bits per heavy atom. The molecule has 2 aromatic heterocycles. The Hall–Kier alpha value is -2.54. The lowest BCUT2D eigenvalue weighted by Crippen LogP contribution is -2.16. The van der Waals surface area contributed by atoms with Gasteiger partial charge in [-0.1, -0.05) is 6.07 Å². The maximum Gasteiger partial charge on any atom is 0.184 e. The molecule has 0 fully saturated rings. The molecule has 0 radical (unpaired) electrons. The first-order valence-electron chi connectivity index (χ1n) is 7.35. The highest BCUT2D eigenvalue weighted by atomic mass is 32.1. The van der Waals surface area contributed by atoms with Gasteiger partial charge in [-0.2, -0.15) is 5.10 Å². The summed E-state index contributed by atoms with van der Waals surface area (Å²) in [5.74, 6) is 1.57. The molecule has 6 nitrogen and oxygen atoms in total. The summed E-state index contributed by atoms with van der Waals surface area (Å²) in [6, 6.07) is 5.86. The fourth-order valence-corrected chi connectivity index (χ4v) is 3.25. The van der Waals surface area contributed by atoms with Crippen molar-refractivity contribution in [1.82, 2.24) is 14.8 Å². The summed E-state index contributed by atoms with van der Waals surface area (Å²) in [6.07, 6.45) is 3.80. The van der Waals surface area contributed by atoms with Crippen LogP contribution in [0.1, 0.15) is 5.69 Å². The minimum atomic E-state index is 0.577. The van der Waals surface area contributed by atoms with Crippen LogP contribution in [-0.2, 0) is 13.6 Å². The van der Waals surface area contributed by atoms with E-state index in [1.807, 2.05) is 37.6 Å². The van der Waals surface area contributed by atoms with E-state index in [1.165, 1.54) is 0 Å². The average molecular weight is 328 g/mol. The number of thiazole rings is 1. The van der Waals surface area contributed by atoms with Gasteiger partial charge >= 0.3 is 0 Å². The molecule has 0 spiro atoms. The van der Waals surface area contributed by atoms with Crippen molar-refractivity contribution >= 4 is 17.0 Å². The molecule has 0 amide bonds. The van der Waals surface area contributed by atoms with E-state index in [0.717, 1.165) is 33.5 Å². The molecule has 0 atom stereocenters. The first-order chi connectivity index (χ1) is 11.3. The van der Waals surface area contributed by atoms with Gasteiger partial charge in [-0.25, -0.2) is 4.98 Å². The lowest BCUT2D eigenvalue weighted by atomic mass is 10.2. The minimum absolute atomic E-state index is 0.577. The minimum Gasteiger partial charge on any atom is -0.486 e. The van der Waals surface area contributed by atoms with Crippen molar-refractivity contribution in [3.63, 3.8) is 0 Å². The van der Waals surface area contributed by atoms with Crippen molar-refractivity contribution in [2.75, 3.05) is 18.5 Å². The molecule has 1 N–H and O–H groups in total. The number of rotatable bonds is 4. The summed E-state index contributed by atoms with van der Waals surface area (Å²) >= 11 is 1.62. The Morgan fingerprint density at radius 3 is 3.09 bits per heavy atom. The predicted molar refractivity (Wildman–Crippen MR) is 89.1 cm³/mol. The van der Waals surface area contributed by atoms with Gasteiger partial charge in [0.2, 0.25) is 0 Å². The molecule has 1 aromatic carbocycles. The monoisotopic (exact) mass is 328 g/mol. The molecular weight excluding hydrogens is 312 g/mol. The van der Waals surface area contributed by atoms with Crippen molar-refractivity contribution in [2.24, 2.45) is 7.05 Å². The predicted octanol–water partition coefficient (Wildman–Crippen LogP) is 2.93. The third-order valence-corrected chi connectivity index (χ3v) is 4.47. The van der Waals surface area contributed by atoms with E-state index in [0.29, 0.717) is 19.8 Å². The molecule has 0 unspecified atom stereocenters. The summed E-state index contributed by atoms with van der Waals surface area (Å²) in [5, 5.41) is 10.6. The van der Waals surface area contributed by atoms with Crippen molar-refractivity contribution < 1.29 is 9.47 Å². The fourth-order valence-electron chi connectivity index (χ4n) is 2.45. The SMILES string of the molecule is Cn1cc(-c2nc(CNc3cccc4c3OCCO4)cs2)cn1. The number of fused-ring (bicyclic) bond motifs is 1. The first kappa shape index (κ1) is 14.1. The quantitative estimate of drug-likeness (QED) is 0.798. The zero-order valence-electron chi connectivity index (χ0n) is 12.7. The Morgan fingerprint density at radius 1 is 1.30 bits per heavy atom. The number of hydrogen-bond acceptors (Lipinski definition) is 6. The second-order valence-corrected chi connectivity index (χ2v) is 6.09. The van der Waals surface area contributed by atoms with Crippen LogP contribution in [0.4, 0.5) is 5.69 Å². The molecule has 1 aliphatic heterocycles. The number of nitrogens with one attached hydrogen (secondary N) is 1. The van der Waals surface area contributed by atoms with Crippen LogP contribution in [0.15, 0.2) is 36.0 Å². The third kappa shape index (κ3) is 2.87. The molecule has 4 rings (SSSR count). The molecule has 3 heterocycles. The highest BCUT2D eigenvalue weighted by Gasteiger charge is 2.15. The van der Waals surface area contributed by atoms with Gasteiger partial charge in [-0.05, 0) is 12.1 Å².